The van der Waals surface area contributed by atoms with Crippen molar-refractivity contribution in [2.24, 2.45) is 0 Å². The Morgan fingerprint density at radius 2 is 2.00 bits per heavy atom. The monoisotopic (exact) mass is 438 g/mol. The van der Waals surface area contributed by atoms with Gasteiger partial charge >= 0.3 is 0 Å². The summed E-state index contributed by atoms with van der Waals surface area (Å²) in [5, 5.41) is 2.77. The number of fused-ring (bicyclic) bond motifs is 1. The quantitative estimate of drug-likeness (QED) is 0.606. The van der Waals surface area contributed by atoms with Crippen molar-refractivity contribution in [1.82, 2.24) is 9.97 Å². The molecule has 1 amide bonds. The van der Waals surface area contributed by atoms with Gasteiger partial charge in [0.1, 0.15) is 10.8 Å². The van der Waals surface area contributed by atoms with Gasteiger partial charge in [0, 0.05) is 31.1 Å². The minimum Gasteiger partial charge on any atom is -0.454 e. The molecule has 160 valence electrons. The fourth-order valence-corrected chi connectivity index (χ4v) is 4.34. The maximum Gasteiger partial charge on any atom is 0.232 e. The number of hydrogen-bond acceptors (Lipinski definition) is 8. The lowest BCUT2D eigenvalue weighted by Crippen LogP contribution is -2.36. The molecule has 5 rings (SSSR count). The van der Waals surface area contributed by atoms with Gasteiger partial charge in [-0.05, 0) is 30.3 Å². The topological polar surface area (TPSA) is 77.0 Å². The minimum absolute atomic E-state index is 0.0385. The molecule has 0 radical (unpaired) electrons. The zero-order chi connectivity index (χ0) is 21.2. The van der Waals surface area contributed by atoms with Crippen LogP contribution in [0.4, 0.5) is 11.5 Å². The lowest BCUT2D eigenvalue weighted by molar-refractivity contribution is -0.117. The van der Waals surface area contributed by atoms with Crippen LogP contribution in [0.5, 0.6) is 11.5 Å². The van der Waals surface area contributed by atoms with Crippen molar-refractivity contribution >= 4 is 28.7 Å². The predicted molar refractivity (Wildman–Crippen MR) is 118 cm³/mol. The van der Waals surface area contributed by atoms with Crippen LogP contribution in [0, 0.1) is 0 Å². The third-order valence-corrected chi connectivity index (χ3v) is 6.27. The molecule has 4 heterocycles. The number of aromatic nitrogens is 2. The molecule has 0 N–H and O–H groups in total. The number of ether oxygens (including phenoxy) is 3. The third-order valence-electron chi connectivity index (χ3n) is 5.33. The lowest BCUT2D eigenvalue weighted by Gasteiger charge is -2.28. The zero-order valence-corrected chi connectivity index (χ0v) is 17.9. The van der Waals surface area contributed by atoms with Crippen molar-refractivity contribution in [1.29, 1.82) is 0 Å². The summed E-state index contributed by atoms with van der Waals surface area (Å²) in [5.74, 6) is 2.33. The molecule has 0 bridgehead atoms. The van der Waals surface area contributed by atoms with Crippen LogP contribution in [-0.2, 0) is 16.0 Å². The fourth-order valence-electron chi connectivity index (χ4n) is 3.52. The van der Waals surface area contributed by atoms with Gasteiger partial charge in [0.2, 0.25) is 12.7 Å². The number of carbonyl (C=O) groups excluding carboxylic acids is 1. The van der Waals surface area contributed by atoms with E-state index >= 15 is 0 Å². The molecule has 2 aliphatic rings. The fraction of sp³-hybridized carbons (Fsp3) is 0.318. The van der Waals surface area contributed by atoms with E-state index in [2.05, 4.69) is 14.9 Å². The molecule has 0 saturated carbocycles. The summed E-state index contributed by atoms with van der Waals surface area (Å²) in [6, 6.07) is 9.62. The van der Waals surface area contributed by atoms with E-state index in [4.69, 9.17) is 14.2 Å². The summed E-state index contributed by atoms with van der Waals surface area (Å²) < 4.78 is 16.2. The summed E-state index contributed by atoms with van der Waals surface area (Å²) in [6.07, 6.45) is 1.96. The molecular weight excluding hydrogens is 416 g/mol. The predicted octanol–water partition coefficient (Wildman–Crippen LogP) is 2.98. The first-order chi connectivity index (χ1) is 15.2. The number of amides is 1. The van der Waals surface area contributed by atoms with Gasteiger partial charge in [0.15, 0.2) is 11.5 Å². The number of thiazole rings is 1. The lowest BCUT2D eigenvalue weighted by atomic mass is 10.2. The third kappa shape index (κ3) is 4.19. The number of morpholine rings is 1. The number of nitrogens with zero attached hydrogens (tertiary/aromatic N) is 4. The number of benzene rings is 1. The molecule has 1 fully saturated rings. The first-order valence-electron chi connectivity index (χ1n) is 10.1. The van der Waals surface area contributed by atoms with Crippen molar-refractivity contribution in [3.63, 3.8) is 0 Å². The number of carbonyl (C=O) groups is 1. The number of likely N-dealkylation sites (N-methyl/N-ethyl adjacent to an activating group) is 1. The molecule has 1 saturated heterocycles. The van der Waals surface area contributed by atoms with Crippen LogP contribution in [-0.4, -0.2) is 56.0 Å². The molecule has 2 aliphatic heterocycles. The second-order valence-corrected chi connectivity index (χ2v) is 8.17. The van der Waals surface area contributed by atoms with Crippen LogP contribution in [0.3, 0.4) is 0 Å². The normalized spacial score (nSPS) is 15.2. The van der Waals surface area contributed by atoms with Crippen molar-refractivity contribution in [2.45, 2.75) is 6.42 Å². The van der Waals surface area contributed by atoms with E-state index in [1.54, 1.807) is 18.1 Å². The molecule has 31 heavy (non-hydrogen) atoms. The van der Waals surface area contributed by atoms with Gasteiger partial charge in [0.25, 0.3) is 0 Å². The maximum absolute atomic E-state index is 12.8. The first-order valence-corrected chi connectivity index (χ1v) is 10.9. The Labute approximate surface area is 184 Å². The van der Waals surface area contributed by atoms with E-state index < -0.39 is 0 Å². The molecule has 0 unspecified atom stereocenters. The van der Waals surface area contributed by atoms with Crippen molar-refractivity contribution in [3.8, 4) is 22.1 Å². The SMILES string of the molecule is CN(C(=O)Cc1csc(-c2ccc3c(c2)OCO3)n1)c1ccc(N2CCOCC2)nc1. The summed E-state index contributed by atoms with van der Waals surface area (Å²) >= 11 is 1.51. The highest BCUT2D eigenvalue weighted by atomic mass is 32.1. The summed E-state index contributed by atoms with van der Waals surface area (Å²) in [4.78, 5) is 25.8. The van der Waals surface area contributed by atoms with Gasteiger partial charge < -0.3 is 24.0 Å². The number of pyridine rings is 1. The largest absolute Gasteiger partial charge is 0.454 e. The van der Waals surface area contributed by atoms with Crippen molar-refractivity contribution in [2.75, 3.05) is 49.9 Å². The average Bonchev–Trinajstić information content (AvgIpc) is 3.48. The van der Waals surface area contributed by atoms with Gasteiger partial charge in [-0.25, -0.2) is 9.97 Å². The molecule has 3 aromatic rings. The second-order valence-electron chi connectivity index (χ2n) is 7.32. The molecule has 0 aliphatic carbocycles. The van der Waals surface area contributed by atoms with Crippen LogP contribution < -0.4 is 19.3 Å². The highest BCUT2D eigenvalue weighted by molar-refractivity contribution is 7.13. The Kier molecular flexibility index (Phi) is 5.44. The highest BCUT2D eigenvalue weighted by Gasteiger charge is 2.18. The number of rotatable bonds is 5. The van der Waals surface area contributed by atoms with E-state index in [1.165, 1.54) is 11.3 Å². The van der Waals surface area contributed by atoms with Crippen LogP contribution >= 0.6 is 11.3 Å². The first kappa shape index (κ1) is 19.8. The van der Waals surface area contributed by atoms with Crippen molar-refractivity contribution < 1.29 is 19.0 Å². The number of hydrogen-bond donors (Lipinski definition) is 0. The molecule has 2 aromatic heterocycles. The molecule has 8 nitrogen and oxygen atoms in total. The highest BCUT2D eigenvalue weighted by Crippen LogP contribution is 2.36. The second kappa shape index (κ2) is 8.52. The summed E-state index contributed by atoms with van der Waals surface area (Å²) in [6.45, 7) is 3.33. The van der Waals surface area contributed by atoms with Crippen LogP contribution in [0.1, 0.15) is 5.69 Å². The van der Waals surface area contributed by atoms with Gasteiger partial charge in [-0.2, -0.15) is 0 Å². The molecule has 0 spiro atoms. The van der Waals surface area contributed by atoms with E-state index in [0.717, 1.165) is 52.4 Å². The zero-order valence-electron chi connectivity index (χ0n) is 17.1. The van der Waals surface area contributed by atoms with Gasteiger partial charge in [0.05, 0.1) is 37.2 Å². The summed E-state index contributed by atoms with van der Waals surface area (Å²) in [7, 11) is 1.76. The molecular formula is C22H22N4O4S. The average molecular weight is 439 g/mol. The van der Waals surface area contributed by atoms with E-state index in [9.17, 15) is 4.79 Å². The maximum atomic E-state index is 12.8. The van der Waals surface area contributed by atoms with Crippen LogP contribution in [0.15, 0.2) is 41.9 Å². The Morgan fingerprint density at radius 3 is 2.81 bits per heavy atom. The van der Waals surface area contributed by atoms with Crippen molar-refractivity contribution in [3.05, 3.63) is 47.6 Å². The minimum atomic E-state index is -0.0385. The Morgan fingerprint density at radius 1 is 1.16 bits per heavy atom. The van der Waals surface area contributed by atoms with E-state index in [-0.39, 0.29) is 19.1 Å². The Balaban J connectivity index is 1.24. The standard InChI is InChI=1S/C22H22N4O4S/c1-25(17-3-5-20(23-12-17)26-6-8-28-9-7-26)21(27)11-16-13-31-22(24-16)15-2-4-18-19(10-15)30-14-29-18/h2-5,10,12-13H,6-9,11,14H2,1H3. The van der Waals surface area contributed by atoms with Crippen LogP contribution in [0.2, 0.25) is 0 Å². The van der Waals surface area contributed by atoms with E-state index in [0.29, 0.717) is 13.2 Å². The Hall–Kier alpha value is -3.17. The number of anilines is 2. The van der Waals surface area contributed by atoms with Gasteiger partial charge in [-0.1, -0.05) is 0 Å². The van der Waals surface area contributed by atoms with Gasteiger partial charge in [-0.15, -0.1) is 11.3 Å². The summed E-state index contributed by atoms with van der Waals surface area (Å²) in [5.41, 5.74) is 2.45. The van der Waals surface area contributed by atoms with E-state index in [1.807, 2.05) is 35.7 Å². The van der Waals surface area contributed by atoms with Crippen LogP contribution in [0.25, 0.3) is 10.6 Å². The molecule has 1 aromatic carbocycles. The van der Waals surface area contributed by atoms with Gasteiger partial charge in [-0.3, -0.25) is 4.79 Å². The Bertz CT molecular complexity index is 1080. The molecule has 0 atom stereocenters. The smallest absolute Gasteiger partial charge is 0.232 e. The molecule has 9 heteroatoms.